The number of furan rings is 1. The summed E-state index contributed by atoms with van der Waals surface area (Å²) in [6.45, 7) is 2.21. The van der Waals surface area contributed by atoms with E-state index in [0.717, 1.165) is 12.1 Å². The fraction of sp³-hybridized carbons (Fsp3) is 0.214. The van der Waals surface area contributed by atoms with Crippen molar-refractivity contribution in [2.75, 3.05) is 6.54 Å². The van der Waals surface area contributed by atoms with E-state index in [1.54, 1.807) is 19.1 Å². The summed E-state index contributed by atoms with van der Waals surface area (Å²) in [5, 5.41) is 0. The molecular weight excluding hydrogens is 332 g/mol. The van der Waals surface area contributed by atoms with Gasteiger partial charge in [0.25, 0.3) is 5.91 Å². The van der Waals surface area contributed by atoms with E-state index in [4.69, 9.17) is 4.42 Å². The van der Waals surface area contributed by atoms with Crippen molar-refractivity contribution in [3.05, 3.63) is 58.0 Å². The largest absolute Gasteiger partial charge is 0.467 e. The zero-order chi connectivity index (χ0) is 14.7. The van der Waals surface area contributed by atoms with Crippen molar-refractivity contribution in [2.45, 2.75) is 13.5 Å². The number of rotatable bonds is 4. The Kier molecular flexibility index (Phi) is 4.54. The van der Waals surface area contributed by atoms with E-state index < -0.39 is 23.1 Å². The van der Waals surface area contributed by atoms with Crippen LogP contribution in [0.2, 0.25) is 0 Å². The number of carbonyl (C=O) groups is 1. The molecule has 0 saturated carbocycles. The van der Waals surface area contributed by atoms with Gasteiger partial charge in [-0.1, -0.05) is 15.9 Å². The molecule has 2 rings (SSSR count). The highest BCUT2D eigenvalue weighted by molar-refractivity contribution is 9.10. The van der Waals surface area contributed by atoms with Crippen LogP contribution in [0.1, 0.15) is 23.0 Å². The molecule has 0 spiro atoms. The van der Waals surface area contributed by atoms with Gasteiger partial charge in [-0.3, -0.25) is 4.79 Å². The van der Waals surface area contributed by atoms with E-state index >= 15 is 0 Å². The van der Waals surface area contributed by atoms with Gasteiger partial charge in [0.15, 0.2) is 0 Å². The fourth-order valence-electron chi connectivity index (χ4n) is 1.82. The highest BCUT2D eigenvalue weighted by Crippen LogP contribution is 2.21. The Morgan fingerprint density at radius 1 is 1.35 bits per heavy atom. The first-order valence-corrected chi connectivity index (χ1v) is 6.78. The maximum absolute atomic E-state index is 13.8. The number of hydrogen-bond donors (Lipinski definition) is 0. The summed E-state index contributed by atoms with van der Waals surface area (Å²) < 4.78 is 33.0. The van der Waals surface area contributed by atoms with E-state index in [9.17, 15) is 13.6 Å². The predicted molar refractivity (Wildman–Crippen MR) is 73.2 cm³/mol. The second kappa shape index (κ2) is 6.17. The Hall–Kier alpha value is -1.69. The van der Waals surface area contributed by atoms with Crippen LogP contribution in [0, 0.1) is 11.6 Å². The molecule has 0 fully saturated rings. The van der Waals surface area contributed by atoms with Crippen molar-refractivity contribution in [1.82, 2.24) is 4.90 Å². The SMILES string of the molecule is CCN(Cc1ccco1)C(=O)c1c(F)cc(Br)cc1F. The molecule has 0 unspecified atom stereocenters. The molecule has 20 heavy (non-hydrogen) atoms. The molecule has 6 heteroatoms. The average molecular weight is 344 g/mol. The lowest BCUT2D eigenvalue weighted by Crippen LogP contribution is -2.31. The van der Waals surface area contributed by atoms with Crippen LogP contribution >= 0.6 is 15.9 Å². The monoisotopic (exact) mass is 343 g/mol. The van der Waals surface area contributed by atoms with Gasteiger partial charge in [-0.25, -0.2) is 8.78 Å². The minimum Gasteiger partial charge on any atom is -0.467 e. The molecule has 1 aromatic heterocycles. The van der Waals surface area contributed by atoms with Crippen LogP contribution in [-0.4, -0.2) is 17.4 Å². The van der Waals surface area contributed by atoms with Gasteiger partial charge < -0.3 is 9.32 Å². The third kappa shape index (κ3) is 3.07. The number of halogens is 3. The quantitative estimate of drug-likeness (QED) is 0.841. The van der Waals surface area contributed by atoms with Crippen molar-refractivity contribution in [3.8, 4) is 0 Å². The normalized spacial score (nSPS) is 10.6. The molecule has 0 N–H and O–H groups in total. The average Bonchev–Trinajstić information content (AvgIpc) is 2.87. The van der Waals surface area contributed by atoms with Crippen LogP contribution < -0.4 is 0 Å². The van der Waals surface area contributed by atoms with Crippen molar-refractivity contribution < 1.29 is 18.0 Å². The van der Waals surface area contributed by atoms with Gasteiger partial charge >= 0.3 is 0 Å². The van der Waals surface area contributed by atoms with Gasteiger partial charge in [0.1, 0.15) is 23.0 Å². The summed E-state index contributed by atoms with van der Waals surface area (Å²) in [5.41, 5.74) is -0.554. The summed E-state index contributed by atoms with van der Waals surface area (Å²) in [4.78, 5) is 13.6. The highest BCUT2D eigenvalue weighted by Gasteiger charge is 2.23. The van der Waals surface area contributed by atoms with Crippen molar-refractivity contribution >= 4 is 21.8 Å². The van der Waals surface area contributed by atoms with E-state index in [1.807, 2.05) is 0 Å². The first-order chi connectivity index (χ1) is 9.52. The lowest BCUT2D eigenvalue weighted by molar-refractivity contribution is 0.0731. The first-order valence-electron chi connectivity index (χ1n) is 5.99. The molecule has 106 valence electrons. The van der Waals surface area contributed by atoms with E-state index in [0.29, 0.717) is 12.3 Å². The van der Waals surface area contributed by atoms with Crippen LogP contribution in [-0.2, 0) is 6.54 Å². The number of hydrogen-bond acceptors (Lipinski definition) is 2. The molecule has 1 aromatic carbocycles. The Bertz CT molecular complexity index is 591. The van der Waals surface area contributed by atoms with Crippen molar-refractivity contribution in [2.24, 2.45) is 0 Å². The number of carbonyl (C=O) groups excluding carboxylic acids is 1. The molecule has 0 aliphatic heterocycles. The Balaban J connectivity index is 2.29. The van der Waals surface area contributed by atoms with Gasteiger partial charge in [-0.05, 0) is 31.2 Å². The molecule has 1 heterocycles. The first kappa shape index (κ1) is 14.7. The van der Waals surface area contributed by atoms with Crippen LogP contribution in [0.5, 0.6) is 0 Å². The van der Waals surface area contributed by atoms with Crippen LogP contribution in [0.25, 0.3) is 0 Å². The van der Waals surface area contributed by atoms with Gasteiger partial charge in [-0.2, -0.15) is 0 Å². The Labute approximate surface area is 123 Å². The maximum atomic E-state index is 13.8. The van der Waals surface area contributed by atoms with Crippen molar-refractivity contribution in [1.29, 1.82) is 0 Å². The fourth-order valence-corrected chi connectivity index (χ4v) is 2.22. The van der Waals surface area contributed by atoms with E-state index in [2.05, 4.69) is 15.9 Å². The second-order valence-electron chi connectivity index (χ2n) is 4.14. The molecule has 2 aromatic rings. The molecule has 3 nitrogen and oxygen atoms in total. The highest BCUT2D eigenvalue weighted by atomic mass is 79.9. The van der Waals surface area contributed by atoms with E-state index in [1.165, 1.54) is 11.2 Å². The Morgan fingerprint density at radius 3 is 2.50 bits per heavy atom. The molecule has 0 bridgehead atoms. The zero-order valence-corrected chi connectivity index (χ0v) is 12.3. The zero-order valence-electron chi connectivity index (χ0n) is 10.7. The summed E-state index contributed by atoms with van der Waals surface area (Å²) in [7, 11) is 0. The molecule has 0 atom stereocenters. The molecule has 0 aliphatic carbocycles. The Morgan fingerprint density at radius 2 is 2.00 bits per heavy atom. The number of amides is 1. The number of nitrogens with zero attached hydrogens (tertiary/aromatic N) is 1. The lowest BCUT2D eigenvalue weighted by atomic mass is 10.1. The van der Waals surface area contributed by atoms with Gasteiger partial charge in [0.2, 0.25) is 0 Å². The van der Waals surface area contributed by atoms with Gasteiger partial charge in [0, 0.05) is 11.0 Å². The molecule has 0 radical (unpaired) electrons. The summed E-state index contributed by atoms with van der Waals surface area (Å²) in [6.07, 6.45) is 1.48. The number of benzene rings is 1. The molecular formula is C14H12BrF2NO2. The van der Waals surface area contributed by atoms with Crippen molar-refractivity contribution in [3.63, 3.8) is 0 Å². The maximum Gasteiger partial charge on any atom is 0.260 e. The smallest absolute Gasteiger partial charge is 0.260 e. The van der Waals surface area contributed by atoms with Crippen LogP contribution in [0.3, 0.4) is 0 Å². The standard InChI is InChI=1S/C14H12BrF2NO2/c1-2-18(8-10-4-3-5-20-10)14(19)13-11(16)6-9(15)7-12(13)17/h3-7H,2,8H2,1H3. The predicted octanol–water partition coefficient (Wildman–Crippen LogP) is 3.98. The van der Waals surface area contributed by atoms with Gasteiger partial charge in [-0.15, -0.1) is 0 Å². The third-order valence-corrected chi connectivity index (χ3v) is 3.27. The minimum atomic E-state index is -0.889. The second-order valence-corrected chi connectivity index (χ2v) is 5.06. The van der Waals surface area contributed by atoms with Gasteiger partial charge in [0.05, 0.1) is 12.8 Å². The lowest BCUT2D eigenvalue weighted by Gasteiger charge is -2.20. The van der Waals surface area contributed by atoms with E-state index in [-0.39, 0.29) is 11.0 Å². The van der Waals surface area contributed by atoms with Crippen LogP contribution in [0.15, 0.2) is 39.4 Å². The topological polar surface area (TPSA) is 33.5 Å². The molecule has 1 amide bonds. The molecule has 0 saturated heterocycles. The van der Waals surface area contributed by atoms with Crippen LogP contribution in [0.4, 0.5) is 8.78 Å². The third-order valence-electron chi connectivity index (χ3n) is 2.82. The summed E-state index contributed by atoms with van der Waals surface area (Å²) in [5.74, 6) is -1.93. The summed E-state index contributed by atoms with van der Waals surface area (Å²) in [6, 6.07) is 5.52. The minimum absolute atomic E-state index is 0.164. The molecule has 0 aliphatic rings. The summed E-state index contributed by atoms with van der Waals surface area (Å²) >= 11 is 2.98.